The van der Waals surface area contributed by atoms with E-state index in [0.717, 1.165) is 37.1 Å². The second-order valence-corrected chi connectivity index (χ2v) is 5.65. The van der Waals surface area contributed by atoms with Gasteiger partial charge in [-0.15, -0.1) is 0 Å². The van der Waals surface area contributed by atoms with Gasteiger partial charge < -0.3 is 10.6 Å². The van der Waals surface area contributed by atoms with Crippen LogP contribution in [0.4, 0.5) is 11.6 Å². The fourth-order valence-electron chi connectivity index (χ4n) is 3.12. The highest BCUT2D eigenvalue weighted by Crippen LogP contribution is 2.28. The first kappa shape index (κ1) is 15.1. The molecule has 0 spiro atoms. The highest BCUT2D eigenvalue weighted by molar-refractivity contribution is 5.57. The van der Waals surface area contributed by atoms with Gasteiger partial charge in [0.05, 0.1) is 0 Å². The standard InChI is InChI=1S/C16H28N4/c1-3-14-15(17-4-2)19-12-20-16(14)18-11-7-10-13-8-5-6-9-13/h12-13H,3-11H2,1-2H3,(H2,17,18,19,20). The average molecular weight is 276 g/mol. The second-order valence-electron chi connectivity index (χ2n) is 5.65. The number of anilines is 2. The summed E-state index contributed by atoms with van der Waals surface area (Å²) in [4.78, 5) is 8.73. The van der Waals surface area contributed by atoms with E-state index in [1.807, 2.05) is 0 Å². The van der Waals surface area contributed by atoms with Crippen LogP contribution >= 0.6 is 0 Å². The van der Waals surface area contributed by atoms with Crippen molar-refractivity contribution in [3.05, 3.63) is 11.9 Å². The minimum absolute atomic E-state index is 0.894. The Labute approximate surface area is 122 Å². The van der Waals surface area contributed by atoms with Crippen LogP contribution in [0.15, 0.2) is 6.33 Å². The molecule has 1 saturated carbocycles. The summed E-state index contributed by atoms with van der Waals surface area (Å²) < 4.78 is 0. The molecule has 0 radical (unpaired) electrons. The normalized spacial score (nSPS) is 15.5. The van der Waals surface area contributed by atoms with Gasteiger partial charge in [-0.25, -0.2) is 9.97 Å². The third kappa shape index (κ3) is 4.09. The van der Waals surface area contributed by atoms with Crippen molar-refractivity contribution in [3.8, 4) is 0 Å². The summed E-state index contributed by atoms with van der Waals surface area (Å²) in [5.41, 5.74) is 1.20. The van der Waals surface area contributed by atoms with Crippen molar-refractivity contribution in [2.45, 2.75) is 58.8 Å². The highest BCUT2D eigenvalue weighted by Gasteiger charge is 2.14. The predicted molar refractivity (Wildman–Crippen MR) is 85.3 cm³/mol. The van der Waals surface area contributed by atoms with Gasteiger partial charge in [-0.3, -0.25) is 0 Å². The Bertz CT molecular complexity index is 399. The van der Waals surface area contributed by atoms with Crippen LogP contribution in [0.2, 0.25) is 0 Å². The maximum atomic E-state index is 4.40. The van der Waals surface area contributed by atoms with Crippen LogP contribution in [-0.2, 0) is 6.42 Å². The molecule has 1 aromatic rings. The van der Waals surface area contributed by atoms with E-state index >= 15 is 0 Å². The monoisotopic (exact) mass is 276 g/mol. The Morgan fingerprint density at radius 2 is 1.80 bits per heavy atom. The van der Waals surface area contributed by atoms with Crippen LogP contribution in [0.5, 0.6) is 0 Å². The van der Waals surface area contributed by atoms with Crippen LogP contribution in [0, 0.1) is 5.92 Å². The van der Waals surface area contributed by atoms with Crippen molar-refractivity contribution in [3.63, 3.8) is 0 Å². The molecule has 20 heavy (non-hydrogen) atoms. The van der Waals surface area contributed by atoms with Gasteiger partial charge >= 0.3 is 0 Å². The predicted octanol–water partition coefficient (Wildman–Crippen LogP) is 3.85. The lowest BCUT2D eigenvalue weighted by Crippen LogP contribution is -2.11. The summed E-state index contributed by atoms with van der Waals surface area (Å²) in [5.74, 6) is 2.96. The molecule has 2 N–H and O–H groups in total. The van der Waals surface area contributed by atoms with E-state index in [1.165, 1.54) is 44.1 Å². The van der Waals surface area contributed by atoms with E-state index in [9.17, 15) is 0 Å². The number of rotatable bonds is 8. The van der Waals surface area contributed by atoms with Crippen molar-refractivity contribution in [1.29, 1.82) is 0 Å². The lowest BCUT2D eigenvalue weighted by Gasteiger charge is -2.14. The molecule has 4 heteroatoms. The van der Waals surface area contributed by atoms with Gasteiger partial charge in [0.25, 0.3) is 0 Å². The SMILES string of the molecule is CCNc1ncnc(NCCCC2CCCC2)c1CC. The topological polar surface area (TPSA) is 49.8 Å². The molecule has 0 unspecified atom stereocenters. The molecule has 112 valence electrons. The zero-order valence-electron chi connectivity index (χ0n) is 12.9. The van der Waals surface area contributed by atoms with Gasteiger partial charge in [-0.2, -0.15) is 0 Å². The van der Waals surface area contributed by atoms with Gasteiger partial charge in [-0.05, 0) is 32.1 Å². The first-order valence-electron chi connectivity index (χ1n) is 8.16. The van der Waals surface area contributed by atoms with Gasteiger partial charge in [-0.1, -0.05) is 32.6 Å². The Hall–Kier alpha value is -1.32. The number of hydrogen-bond donors (Lipinski definition) is 2. The van der Waals surface area contributed by atoms with Crippen molar-refractivity contribution in [1.82, 2.24) is 9.97 Å². The fourth-order valence-corrected chi connectivity index (χ4v) is 3.12. The van der Waals surface area contributed by atoms with Gasteiger partial charge in [0, 0.05) is 18.7 Å². The molecule has 1 aliphatic rings. The smallest absolute Gasteiger partial charge is 0.134 e. The molecule has 0 amide bonds. The summed E-state index contributed by atoms with van der Waals surface area (Å²) in [6, 6.07) is 0. The fraction of sp³-hybridized carbons (Fsp3) is 0.750. The van der Waals surface area contributed by atoms with Crippen molar-refractivity contribution >= 4 is 11.6 Å². The van der Waals surface area contributed by atoms with Crippen molar-refractivity contribution in [2.24, 2.45) is 5.92 Å². The van der Waals surface area contributed by atoms with E-state index in [4.69, 9.17) is 0 Å². The molecular weight excluding hydrogens is 248 g/mol. The quantitative estimate of drug-likeness (QED) is 0.708. The van der Waals surface area contributed by atoms with Gasteiger partial charge in [0.2, 0.25) is 0 Å². The molecule has 0 aromatic carbocycles. The first-order valence-corrected chi connectivity index (χ1v) is 8.16. The summed E-state index contributed by atoms with van der Waals surface area (Å²) in [6.07, 6.45) is 11.0. The van der Waals surface area contributed by atoms with E-state index in [-0.39, 0.29) is 0 Å². The van der Waals surface area contributed by atoms with Gasteiger partial charge in [0.15, 0.2) is 0 Å². The lowest BCUT2D eigenvalue weighted by atomic mass is 10.0. The van der Waals surface area contributed by atoms with E-state index in [0.29, 0.717) is 0 Å². The van der Waals surface area contributed by atoms with Crippen molar-refractivity contribution in [2.75, 3.05) is 23.7 Å². The molecule has 2 rings (SSSR count). The minimum atomic E-state index is 0.894. The largest absolute Gasteiger partial charge is 0.370 e. The maximum Gasteiger partial charge on any atom is 0.134 e. The average Bonchev–Trinajstić information content (AvgIpc) is 2.97. The molecule has 0 atom stereocenters. The molecule has 1 aromatic heterocycles. The zero-order valence-corrected chi connectivity index (χ0v) is 12.9. The maximum absolute atomic E-state index is 4.40. The Kier molecular flexibility index (Phi) is 6.09. The number of nitrogens with one attached hydrogen (secondary N) is 2. The van der Waals surface area contributed by atoms with Crippen molar-refractivity contribution < 1.29 is 0 Å². The van der Waals surface area contributed by atoms with E-state index < -0.39 is 0 Å². The zero-order chi connectivity index (χ0) is 14.2. The molecule has 0 bridgehead atoms. The summed E-state index contributed by atoms with van der Waals surface area (Å²) >= 11 is 0. The summed E-state index contributed by atoms with van der Waals surface area (Å²) in [7, 11) is 0. The molecule has 1 aliphatic carbocycles. The van der Waals surface area contributed by atoms with Gasteiger partial charge in [0.1, 0.15) is 18.0 Å². The summed E-state index contributed by atoms with van der Waals surface area (Å²) in [5, 5.41) is 6.81. The third-order valence-electron chi connectivity index (χ3n) is 4.20. The Morgan fingerprint density at radius 3 is 2.45 bits per heavy atom. The molecule has 1 heterocycles. The number of nitrogens with zero attached hydrogens (tertiary/aromatic N) is 2. The molecule has 1 fully saturated rings. The van der Waals surface area contributed by atoms with Crippen LogP contribution in [0.25, 0.3) is 0 Å². The first-order chi connectivity index (χ1) is 9.85. The molecule has 4 nitrogen and oxygen atoms in total. The van der Waals surface area contributed by atoms with E-state index in [2.05, 4.69) is 34.4 Å². The highest BCUT2D eigenvalue weighted by atomic mass is 15.1. The molecule has 0 aliphatic heterocycles. The summed E-state index contributed by atoms with van der Waals surface area (Å²) in [6.45, 7) is 6.16. The minimum Gasteiger partial charge on any atom is -0.370 e. The second kappa shape index (κ2) is 8.08. The molecular formula is C16H28N4. The molecule has 0 saturated heterocycles. The van der Waals surface area contributed by atoms with E-state index in [1.54, 1.807) is 6.33 Å². The Balaban J connectivity index is 1.83. The Morgan fingerprint density at radius 1 is 1.10 bits per heavy atom. The third-order valence-corrected chi connectivity index (χ3v) is 4.20. The number of aromatic nitrogens is 2. The van der Waals surface area contributed by atoms with Crippen LogP contribution in [0.3, 0.4) is 0 Å². The lowest BCUT2D eigenvalue weighted by molar-refractivity contribution is 0.491. The number of hydrogen-bond acceptors (Lipinski definition) is 4. The van der Waals surface area contributed by atoms with Crippen LogP contribution < -0.4 is 10.6 Å². The van der Waals surface area contributed by atoms with Crippen LogP contribution in [0.1, 0.15) is 57.9 Å². The van der Waals surface area contributed by atoms with Crippen LogP contribution in [-0.4, -0.2) is 23.1 Å².